The Kier molecular flexibility index (Phi) is 7.94. The smallest absolute Gasteiger partial charge is 0.225 e. The molecule has 1 unspecified atom stereocenters. The van der Waals surface area contributed by atoms with E-state index >= 15 is 0 Å². The van der Waals surface area contributed by atoms with E-state index in [1.807, 2.05) is 6.92 Å². The third-order valence-electron chi connectivity index (χ3n) is 5.78. The van der Waals surface area contributed by atoms with Crippen molar-refractivity contribution < 1.29 is 18.3 Å². The molecule has 1 aliphatic rings. The molecule has 1 heterocycles. The maximum atomic E-state index is 14.4. The molecule has 3 rings (SSSR count). The Morgan fingerprint density at radius 1 is 1.17 bits per heavy atom. The quantitative estimate of drug-likeness (QED) is 0.651. The van der Waals surface area contributed by atoms with Crippen LogP contribution in [0.5, 0.6) is 0 Å². The molecule has 2 aromatic carbocycles. The first-order valence-corrected chi connectivity index (χ1v) is 10.6. The second kappa shape index (κ2) is 10.6. The van der Waals surface area contributed by atoms with Crippen LogP contribution in [0.3, 0.4) is 0 Å². The van der Waals surface area contributed by atoms with Crippen molar-refractivity contribution in [2.75, 3.05) is 18.5 Å². The van der Waals surface area contributed by atoms with E-state index in [4.69, 9.17) is 10.5 Å². The summed E-state index contributed by atoms with van der Waals surface area (Å²) in [7, 11) is 0. The molecule has 2 aromatic rings. The van der Waals surface area contributed by atoms with Crippen molar-refractivity contribution in [1.29, 1.82) is 0 Å². The number of nitrogens with one attached hydrogen (secondary N) is 1. The lowest BCUT2D eigenvalue weighted by Gasteiger charge is -2.30. The molecule has 1 aliphatic heterocycles. The van der Waals surface area contributed by atoms with Gasteiger partial charge in [-0.05, 0) is 74.3 Å². The van der Waals surface area contributed by atoms with Crippen molar-refractivity contribution in [1.82, 2.24) is 0 Å². The van der Waals surface area contributed by atoms with Crippen molar-refractivity contribution in [3.05, 3.63) is 65.2 Å². The minimum atomic E-state index is -0.340. The van der Waals surface area contributed by atoms with Crippen LogP contribution in [0.25, 0.3) is 0 Å². The molecule has 0 bridgehead atoms. The summed E-state index contributed by atoms with van der Waals surface area (Å²) in [6.07, 6.45) is 3.05. The fourth-order valence-electron chi connectivity index (χ4n) is 4.09. The van der Waals surface area contributed by atoms with E-state index in [9.17, 15) is 13.6 Å². The van der Waals surface area contributed by atoms with Gasteiger partial charge in [-0.15, -0.1) is 0 Å². The maximum Gasteiger partial charge on any atom is 0.225 e. The molecule has 4 nitrogen and oxygen atoms in total. The lowest BCUT2D eigenvalue weighted by molar-refractivity contribution is -0.117. The van der Waals surface area contributed by atoms with E-state index in [0.29, 0.717) is 37.3 Å². The van der Waals surface area contributed by atoms with Crippen LogP contribution in [0.15, 0.2) is 42.5 Å². The summed E-state index contributed by atoms with van der Waals surface area (Å²) in [4.78, 5) is 12.9. The summed E-state index contributed by atoms with van der Waals surface area (Å²) in [5.74, 6) is -0.584. The Bertz CT molecular complexity index is 834. The second-order valence-electron chi connectivity index (χ2n) is 8.14. The molecule has 0 aromatic heterocycles. The molecule has 0 radical (unpaired) electrons. The van der Waals surface area contributed by atoms with Crippen LogP contribution in [0, 0.1) is 17.6 Å². The zero-order chi connectivity index (χ0) is 21.5. The number of nitrogens with two attached hydrogens (primary N) is 1. The highest BCUT2D eigenvalue weighted by molar-refractivity contribution is 5.92. The summed E-state index contributed by atoms with van der Waals surface area (Å²) < 4.78 is 33.2. The molecule has 3 N–H and O–H groups in total. The number of hydrogen-bond acceptors (Lipinski definition) is 3. The van der Waals surface area contributed by atoms with Crippen molar-refractivity contribution in [3.63, 3.8) is 0 Å². The number of ether oxygens (including phenoxy) is 1. The molecule has 1 fully saturated rings. The highest BCUT2D eigenvalue weighted by Crippen LogP contribution is 2.35. The average molecular weight is 417 g/mol. The molecule has 6 heteroatoms. The molecule has 0 saturated carbocycles. The van der Waals surface area contributed by atoms with E-state index in [-0.39, 0.29) is 41.8 Å². The first kappa shape index (κ1) is 22.4. The molecule has 30 heavy (non-hydrogen) atoms. The van der Waals surface area contributed by atoms with E-state index < -0.39 is 0 Å². The van der Waals surface area contributed by atoms with Gasteiger partial charge in [-0.1, -0.05) is 18.2 Å². The average Bonchev–Trinajstić information content (AvgIpc) is 2.73. The summed E-state index contributed by atoms with van der Waals surface area (Å²) >= 11 is 0. The molecule has 0 spiro atoms. The van der Waals surface area contributed by atoms with Crippen molar-refractivity contribution in [2.45, 2.75) is 51.0 Å². The number of halogens is 2. The fraction of sp³-hybridized carbons (Fsp3) is 0.458. The van der Waals surface area contributed by atoms with E-state index in [1.54, 1.807) is 24.3 Å². The van der Waals surface area contributed by atoms with Crippen LogP contribution in [0.1, 0.15) is 49.7 Å². The Hall–Kier alpha value is -2.31. The van der Waals surface area contributed by atoms with Gasteiger partial charge in [0.25, 0.3) is 0 Å². The molecule has 2 atom stereocenters. The van der Waals surface area contributed by atoms with Gasteiger partial charge in [-0.3, -0.25) is 4.79 Å². The van der Waals surface area contributed by atoms with E-state index in [1.165, 1.54) is 18.2 Å². The van der Waals surface area contributed by atoms with Gasteiger partial charge in [-0.25, -0.2) is 8.78 Å². The van der Waals surface area contributed by atoms with Crippen LogP contribution in [0.4, 0.5) is 14.5 Å². The molecule has 162 valence electrons. The van der Waals surface area contributed by atoms with Crippen LogP contribution < -0.4 is 11.1 Å². The van der Waals surface area contributed by atoms with Crippen molar-refractivity contribution >= 4 is 11.6 Å². The Morgan fingerprint density at radius 3 is 2.53 bits per heavy atom. The topological polar surface area (TPSA) is 64.3 Å². The Labute approximate surface area is 176 Å². The predicted octanol–water partition coefficient (Wildman–Crippen LogP) is 4.78. The predicted molar refractivity (Wildman–Crippen MR) is 114 cm³/mol. The zero-order valence-corrected chi connectivity index (χ0v) is 17.4. The van der Waals surface area contributed by atoms with Crippen LogP contribution in [-0.2, 0) is 16.0 Å². The summed E-state index contributed by atoms with van der Waals surface area (Å²) in [5.41, 5.74) is 7.73. The van der Waals surface area contributed by atoms with Gasteiger partial charge in [-0.2, -0.15) is 0 Å². The number of anilines is 1. The van der Waals surface area contributed by atoms with Crippen LogP contribution >= 0.6 is 0 Å². The summed E-state index contributed by atoms with van der Waals surface area (Å²) in [6, 6.07) is 11.0. The number of benzene rings is 2. The minimum Gasteiger partial charge on any atom is -0.381 e. The number of carbonyl (C=O) groups is 1. The Morgan fingerprint density at radius 2 is 1.87 bits per heavy atom. The van der Waals surface area contributed by atoms with Gasteiger partial charge in [0.2, 0.25) is 5.91 Å². The Balaban J connectivity index is 1.76. The van der Waals surface area contributed by atoms with Crippen LogP contribution in [0.2, 0.25) is 0 Å². The lowest BCUT2D eigenvalue weighted by atomic mass is 9.79. The van der Waals surface area contributed by atoms with Gasteiger partial charge >= 0.3 is 0 Å². The molecule has 0 aliphatic carbocycles. The molecule has 1 amide bonds. The van der Waals surface area contributed by atoms with E-state index in [0.717, 1.165) is 18.4 Å². The fourth-order valence-corrected chi connectivity index (χ4v) is 4.09. The van der Waals surface area contributed by atoms with Gasteiger partial charge in [0, 0.05) is 36.9 Å². The lowest BCUT2D eigenvalue weighted by Crippen LogP contribution is -2.26. The third kappa shape index (κ3) is 6.09. The van der Waals surface area contributed by atoms with Crippen molar-refractivity contribution in [3.8, 4) is 0 Å². The highest BCUT2D eigenvalue weighted by atomic mass is 19.1. The number of carbonyl (C=O) groups excluding carboxylic acids is 1. The maximum absolute atomic E-state index is 14.4. The molecule has 1 saturated heterocycles. The van der Waals surface area contributed by atoms with Gasteiger partial charge in [0.1, 0.15) is 11.6 Å². The third-order valence-corrected chi connectivity index (χ3v) is 5.78. The normalized spacial score (nSPS) is 16.8. The standard InChI is InChI=1S/C24H30F2N2O2/c1-16(27)5-10-20-22(26)3-2-4-23(20)28-24(29)15-21(18-11-13-30-14-12-18)17-6-8-19(25)9-7-17/h2-4,6-9,16,18,21H,5,10-15,27H2,1H3,(H,28,29)/t16-,21?/m1/s1. The van der Waals surface area contributed by atoms with Crippen LogP contribution in [-0.4, -0.2) is 25.2 Å². The largest absolute Gasteiger partial charge is 0.381 e. The zero-order valence-electron chi connectivity index (χ0n) is 17.4. The van der Waals surface area contributed by atoms with Gasteiger partial charge in [0.05, 0.1) is 0 Å². The van der Waals surface area contributed by atoms with E-state index in [2.05, 4.69) is 5.32 Å². The summed E-state index contributed by atoms with van der Waals surface area (Å²) in [6.45, 7) is 3.20. The molecular formula is C24H30F2N2O2. The first-order valence-electron chi connectivity index (χ1n) is 10.6. The number of amides is 1. The van der Waals surface area contributed by atoms with Gasteiger partial charge in [0.15, 0.2) is 0 Å². The SMILES string of the molecule is C[C@@H](N)CCc1c(F)cccc1NC(=O)CC(c1ccc(F)cc1)C1CCOCC1. The monoisotopic (exact) mass is 416 g/mol. The number of rotatable bonds is 8. The highest BCUT2D eigenvalue weighted by Gasteiger charge is 2.28. The number of hydrogen-bond donors (Lipinski definition) is 2. The van der Waals surface area contributed by atoms with Gasteiger partial charge < -0.3 is 15.8 Å². The van der Waals surface area contributed by atoms with Crippen molar-refractivity contribution in [2.24, 2.45) is 11.7 Å². The summed E-state index contributed by atoms with van der Waals surface area (Å²) in [5, 5.41) is 2.90. The minimum absolute atomic E-state index is 0.0458. The first-order chi connectivity index (χ1) is 14.4. The second-order valence-corrected chi connectivity index (χ2v) is 8.14. The molecular weight excluding hydrogens is 386 g/mol.